The van der Waals surface area contributed by atoms with Crippen molar-refractivity contribution >= 4 is 23.3 Å². The standard InChI is InChI=1S/C16H17N3O2/c1-11-10-12(6-7-13(11)17-2)19-14(20)16(8-4-5-9-16)18(3)15(19)21/h6-7,10H,4-5,8-9H2,1,3H3. The number of carbonyl (C=O) groups is 2. The molecular weight excluding hydrogens is 266 g/mol. The molecule has 1 saturated carbocycles. The van der Waals surface area contributed by atoms with E-state index in [1.54, 1.807) is 30.1 Å². The second-order valence-corrected chi connectivity index (χ2v) is 5.80. The summed E-state index contributed by atoms with van der Waals surface area (Å²) in [6, 6.07) is 4.82. The molecule has 1 aliphatic heterocycles. The van der Waals surface area contributed by atoms with Gasteiger partial charge in [0.1, 0.15) is 5.54 Å². The molecule has 0 bridgehead atoms. The molecule has 1 aliphatic carbocycles. The molecule has 0 N–H and O–H groups in total. The number of urea groups is 1. The predicted molar refractivity (Wildman–Crippen MR) is 79.3 cm³/mol. The van der Waals surface area contributed by atoms with Crippen molar-refractivity contribution in [2.45, 2.75) is 38.1 Å². The average Bonchev–Trinajstić information content (AvgIpc) is 3.02. The Morgan fingerprint density at radius 2 is 1.90 bits per heavy atom. The Bertz CT molecular complexity index is 669. The molecule has 1 aromatic carbocycles. The monoisotopic (exact) mass is 283 g/mol. The summed E-state index contributed by atoms with van der Waals surface area (Å²) in [5.74, 6) is -0.123. The molecule has 0 unspecified atom stereocenters. The van der Waals surface area contributed by atoms with Gasteiger partial charge in [0.2, 0.25) is 0 Å². The smallest absolute Gasteiger partial charge is 0.312 e. The normalized spacial score (nSPS) is 20.4. The molecule has 3 rings (SSSR count). The maximum atomic E-state index is 12.8. The van der Waals surface area contributed by atoms with Crippen molar-refractivity contribution in [2.75, 3.05) is 11.9 Å². The summed E-state index contributed by atoms with van der Waals surface area (Å²) in [5, 5.41) is 0. The first kappa shape index (κ1) is 13.6. The van der Waals surface area contributed by atoms with Crippen molar-refractivity contribution in [3.63, 3.8) is 0 Å². The van der Waals surface area contributed by atoms with Gasteiger partial charge in [-0.15, -0.1) is 0 Å². The zero-order chi connectivity index (χ0) is 15.2. The summed E-state index contributed by atoms with van der Waals surface area (Å²) >= 11 is 0. The number of amides is 3. The Morgan fingerprint density at radius 3 is 2.48 bits per heavy atom. The molecule has 3 amide bonds. The minimum atomic E-state index is -0.649. The van der Waals surface area contributed by atoms with E-state index in [0.717, 1.165) is 31.2 Å². The van der Waals surface area contributed by atoms with E-state index in [1.807, 2.05) is 6.92 Å². The summed E-state index contributed by atoms with van der Waals surface area (Å²) in [4.78, 5) is 31.6. The molecule has 5 nitrogen and oxygen atoms in total. The number of rotatable bonds is 1. The van der Waals surface area contributed by atoms with E-state index >= 15 is 0 Å². The molecule has 2 fully saturated rings. The van der Waals surface area contributed by atoms with Gasteiger partial charge in [0.15, 0.2) is 5.69 Å². The summed E-state index contributed by atoms with van der Waals surface area (Å²) in [7, 11) is 1.71. The molecule has 2 aliphatic rings. The van der Waals surface area contributed by atoms with E-state index in [9.17, 15) is 9.59 Å². The Labute approximate surface area is 124 Å². The third-order valence-electron chi connectivity index (χ3n) is 4.71. The lowest BCUT2D eigenvalue weighted by atomic mass is 9.96. The highest BCUT2D eigenvalue weighted by atomic mass is 16.2. The van der Waals surface area contributed by atoms with E-state index in [1.165, 1.54) is 4.90 Å². The zero-order valence-corrected chi connectivity index (χ0v) is 12.2. The summed E-state index contributed by atoms with van der Waals surface area (Å²) in [6.45, 7) is 8.89. The van der Waals surface area contributed by atoms with Gasteiger partial charge in [0.05, 0.1) is 12.3 Å². The van der Waals surface area contributed by atoms with Crippen LogP contribution in [0.2, 0.25) is 0 Å². The third-order valence-corrected chi connectivity index (χ3v) is 4.71. The van der Waals surface area contributed by atoms with E-state index < -0.39 is 5.54 Å². The fraction of sp³-hybridized carbons (Fsp3) is 0.438. The first-order valence-corrected chi connectivity index (χ1v) is 7.12. The number of nitrogens with zero attached hydrogens (tertiary/aromatic N) is 3. The first-order chi connectivity index (χ1) is 10.0. The summed E-state index contributed by atoms with van der Waals surface area (Å²) in [5.41, 5.74) is 1.23. The molecule has 5 heteroatoms. The van der Waals surface area contributed by atoms with Crippen LogP contribution in [0.3, 0.4) is 0 Å². The van der Waals surface area contributed by atoms with Gasteiger partial charge in [-0.05, 0) is 37.5 Å². The molecule has 1 heterocycles. The van der Waals surface area contributed by atoms with E-state index in [-0.39, 0.29) is 11.9 Å². The highest BCUT2D eigenvalue weighted by Gasteiger charge is 2.57. The van der Waals surface area contributed by atoms with Gasteiger partial charge in [-0.3, -0.25) is 4.79 Å². The number of imide groups is 1. The summed E-state index contributed by atoms with van der Waals surface area (Å²) in [6.07, 6.45) is 3.44. The van der Waals surface area contributed by atoms with Crippen molar-refractivity contribution in [1.82, 2.24) is 4.90 Å². The average molecular weight is 283 g/mol. The fourth-order valence-corrected chi connectivity index (χ4v) is 3.41. The molecule has 108 valence electrons. The lowest BCUT2D eigenvalue weighted by molar-refractivity contribution is -0.124. The van der Waals surface area contributed by atoms with Gasteiger partial charge in [0, 0.05) is 7.05 Å². The Hall–Kier alpha value is -2.35. The van der Waals surface area contributed by atoms with Crippen LogP contribution in [0.1, 0.15) is 31.2 Å². The predicted octanol–water partition coefficient (Wildman–Crippen LogP) is 3.26. The number of carbonyl (C=O) groups excluding carboxylic acids is 2. The van der Waals surface area contributed by atoms with Gasteiger partial charge in [0.25, 0.3) is 5.91 Å². The minimum Gasteiger partial charge on any atom is -0.312 e. The maximum Gasteiger partial charge on any atom is 0.332 e. The van der Waals surface area contributed by atoms with Crippen LogP contribution in [0.5, 0.6) is 0 Å². The van der Waals surface area contributed by atoms with Crippen LogP contribution in [-0.4, -0.2) is 29.4 Å². The highest BCUT2D eigenvalue weighted by Crippen LogP contribution is 2.42. The third kappa shape index (κ3) is 1.75. The molecule has 1 spiro atoms. The van der Waals surface area contributed by atoms with Crippen molar-refractivity contribution in [3.8, 4) is 0 Å². The Kier molecular flexibility index (Phi) is 2.98. The van der Waals surface area contributed by atoms with Crippen LogP contribution < -0.4 is 4.90 Å². The van der Waals surface area contributed by atoms with Crippen LogP contribution in [0.25, 0.3) is 4.85 Å². The minimum absolute atomic E-state index is 0.123. The number of likely N-dealkylation sites (N-methyl/N-ethyl adjacent to an activating group) is 1. The lowest BCUT2D eigenvalue weighted by Crippen LogP contribution is -2.45. The topological polar surface area (TPSA) is 45.0 Å². The first-order valence-electron chi connectivity index (χ1n) is 7.12. The molecule has 1 aromatic rings. The largest absolute Gasteiger partial charge is 0.332 e. The number of hydrogen-bond acceptors (Lipinski definition) is 2. The maximum absolute atomic E-state index is 12.8. The zero-order valence-electron chi connectivity index (χ0n) is 12.2. The molecular formula is C16H17N3O2. The highest BCUT2D eigenvalue weighted by molar-refractivity contribution is 6.23. The second kappa shape index (κ2) is 4.59. The van der Waals surface area contributed by atoms with Crippen LogP contribution in [-0.2, 0) is 4.79 Å². The SMILES string of the molecule is [C-]#[N+]c1ccc(N2C(=O)N(C)C3(CCCC3)C2=O)cc1C. The van der Waals surface area contributed by atoms with Gasteiger partial charge in [-0.2, -0.15) is 0 Å². The van der Waals surface area contributed by atoms with E-state index in [4.69, 9.17) is 6.57 Å². The molecule has 0 atom stereocenters. The fourth-order valence-electron chi connectivity index (χ4n) is 3.41. The Balaban J connectivity index is 2.03. The van der Waals surface area contributed by atoms with Gasteiger partial charge >= 0.3 is 6.03 Å². The molecule has 0 radical (unpaired) electrons. The second-order valence-electron chi connectivity index (χ2n) is 5.80. The van der Waals surface area contributed by atoms with Crippen molar-refractivity contribution < 1.29 is 9.59 Å². The quantitative estimate of drug-likeness (QED) is 0.586. The van der Waals surface area contributed by atoms with Crippen LogP contribution >= 0.6 is 0 Å². The van der Waals surface area contributed by atoms with Crippen LogP contribution in [0, 0.1) is 13.5 Å². The van der Waals surface area contributed by atoms with Crippen molar-refractivity contribution in [3.05, 3.63) is 35.2 Å². The lowest BCUT2D eigenvalue weighted by Gasteiger charge is -2.27. The molecule has 0 aromatic heterocycles. The van der Waals surface area contributed by atoms with Crippen molar-refractivity contribution in [2.24, 2.45) is 0 Å². The summed E-state index contributed by atoms with van der Waals surface area (Å²) < 4.78 is 0. The number of benzene rings is 1. The van der Waals surface area contributed by atoms with Gasteiger partial charge in [-0.25, -0.2) is 14.5 Å². The van der Waals surface area contributed by atoms with Crippen LogP contribution in [0.4, 0.5) is 16.2 Å². The van der Waals surface area contributed by atoms with Gasteiger partial charge in [-0.1, -0.05) is 18.9 Å². The van der Waals surface area contributed by atoms with Crippen molar-refractivity contribution in [1.29, 1.82) is 0 Å². The van der Waals surface area contributed by atoms with Gasteiger partial charge < -0.3 is 4.90 Å². The Morgan fingerprint density at radius 1 is 1.24 bits per heavy atom. The number of anilines is 1. The van der Waals surface area contributed by atoms with Crippen LogP contribution in [0.15, 0.2) is 18.2 Å². The van der Waals surface area contributed by atoms with E-state index in [2.05, 4.69) is 4.85 Å². The molecule has 21 heavy (non-hydrogen) atoms. The number of hydrogen-bond donors (Lipinski definition) is 0. The number of aryl methyl sites for hydroxylation is 1. The molecule has 1 saturated heterocycles. The van der Waals surface area contributed by atoms with E-state index in [0.29, 0.717) is 11.4 Å².